The second-order valence-corrected chi connectivity index (χ2v) is 16.6. The zero-order chi connectivity index (χ0) is 30.4. The number of nitrogens with zero attached hydrogens (tertiary/aromatic N) is 3. The molecule has 0 bridgehead atoms. The van der Waals surface area contributed by atoms with Gasteiger partial charge in [0.2, 0.25) is 20.0 Å². The van der Waals surface area contributed by atoms with Crippen LogP contribution in [0.5, 0.6) is 0 Å². The third kappa shape index (κ3) is 6.52. The predicted molar refractivity (Wildman–Crippen MR) is 160 cm³/mol. The lowest BCUT2D eigenvalue weighted by Gasteiger charge is -2.45. The van der Waals surface area contributed by atoms with Crippen molar-refractivity contribution >= 4 is 31.6 Å². The molecule has 0 unspecified atom stereocenters. The highest BCUT2D eigenvalue weighted by atomic mass is 35.5. The minimum Gasteiger partial charge on any atom is -0.379 e. The molecule has 0 spiro atoms. The van der Waals surface area contributed by atoms with Gasteiger partial charge in [-0.15, -0.1) is 0 Å². The topological polar surface area (TPSA) is 87.2 Å². The Morgan fingerprint density at radius 3 is 2.09 bits per heavy atom. The largest absolute Gasteiger partial charge is 0.379 e. The van der Waals surface area contributed by atoms with Crippen molar-refractivity contribution in [1.82, 2.24) is 13.5 Å². The molecule has 43 heavy (non-hydrogen) atoms. The summed E-state index contributed by atoms with van der Waals surface area (Å²) >= 11 is 6.05. The number of morpholine rings is 1. The Morgan fingerprint density at radius 2 is 1.49 bits per heavy atom. The van der Waals surface area contributed by atoms with Crippen molar-refractivity contribution in [3.8, 4) is 0 Å². The van der Waals surface area contributed by atoms with Gasteiger partial charge in [-0.05, 0) is 86.9 Å². The van der Waals surface area contributed by atoms with E-state index in [0.717, 1.165) is 32.0 Å². The monoisotopic (exact) mass is 657 g/mol. The first-order chi connectivity index (χ1) is 20.5. The van der Waals surface area contributed by atoms with Gasteiger partial charge in [-0.1, -0.05) is 11.6 Å². The summed E-state index contributed by atoms with van der Waals surface area (Å²) in [6.45, 7) is 3.97. The lowest BCUT2D eigenvalue weighted by molar-refractivity contribution is 0.00605. The summed E-state index contributed by atoms with van der Waals surface area (Å²) in [5, 5.41) is 0.375. The van der Waals surface area contributed by atoms with Crippen molar-refractivity contribution in [2.75, 3.05) is 45.1 Å². The van der Waals surface area contributed by atoms with Gasteiger partial charge in [-0.25, -0.2) is 29.9 Å². The number of rotatable bonds is 8. The van der Waals surface area contributed by atoms with E-state index in [1.54, 1.807) is 4.31 Å². The summed E-state index contributed by atoms with van der Waals surface area (Å²) < 4.78 is 93.5. The Balaban J connectivity index is 1.28. The number of piperidine rings is 2. The molecule has 1 aliphatic carbocycles. The van der Waals surface area contributed by atoms with Crippen molar-refractivity contribution in [1.29, 1.82) is 0 Å². The number of halogens is 3. The van der Waals surface area contributed by atoms with E-state index in [-0.39, 0.29) is 16.2 Å². The fourth-order valence-corrected chi connectivity index (χ4v) is 11.5. The van der Waals surface area contributed by atoms with Crippen molar-refractivity contribution in [2.24, 2.45) is 5.41 Å². The Labute approximate surface area is 258 Å². The van der Waals surface area contributed by atoms with Gasteiger partial charge in [-0.3, -0.25) is 4.90 Å². The predicted octanol–water partition coefficient (Wildman–Crippen LogP) is 4.81. The third-order valence-corrected chi connectivity index (χ3v) is 14.0. The molecule has 4 aliphatic rings. The van der Waals surface area contributed by atoms with Crippen LogP contribution in [-0.4, -0.2) is 87.6 Å². The Hall–Kier alpha value is -1.67. The van der Waals surface area contributed by atoms with Crippen LogP contribution in [-0.2, 0) is 24.8 Å². The van der Waals surface area contributed by atoms with Crippen LogP contribution < -0.4 is 0 Å². The molecule has 0 N–H and O–H groups in total. The summed E-state index contributed by atoms with van der Waals surface area (Å²) in [5.74, 6) is -1.72. The summed E-state index contributed by atoms with van der Waals surface area (Å²) in [6, 6.07) is 7.78. The Morgan fingerprint density at radius 1 is 0.860 bits per heavy atom. The molecule has 0 radical (unpaired) electrons. The highest BCUT2D eigenvalue weighted by Crippen LogP contribution is 2.57. The molecule has 3 heterocycles. The van der Waals surface area contributed by atoms with E-state index in [0.29, 0.717) is 69.5 Å². The zero-order valence-corrected chi connectivity index (χ0v) is 26.4. The highest BCUT2D eigenvalue weighted by molar-refractivity contribution is 7.89. The first kappa shape index (κ1) is 31.3. The quantitative estimate of drug-likeness (QED) is 0.405. The number of hydrogen-bond donors (Lipinski definition) is 0. The van der Waals surface area contributed by atoms with E-state index in [1.165, 1.54) is 40.7 Å². The average molecular weight is 658 g/mol. The molecular formula is C30H38ClF2N3O5S2. The minimum absolute atomic E-state index is 0.00881. The summed E-state index contributed by atoms with van der Waals surface area (Å²) in [7, 11) is -7.87. The molecule has 6 rings (SSSR count). The fraction of sp³-hybridized carbons (Fsp3) is 0.600. The van der Waals surface area contributed by atoms with Crippen LogP contribution in [0.25, 0.3) is 0 Å². The maximum absolute atomic E-state index is 14.4. The zero-order valence-electron chi connectivity index (χ0n) is 24.0. The van der Waals surface area contributed by atoms with Gasteiger partial charge in [0.05, 0.1) is 29.9 Å². The Bertz CT molecular complexity index is 1510. The number of sulfonamides is 2. The normalized spacial score (nSPS) is 26.4. The van der Waals surface area contributed by atoms with E-state index in [1.807, 2.05) is 0 Å². The maximum Gasteiger partial charge on any atom is 0.243 e. The lowest BCUT2D eigenvalue weighted by Crippen LogP contribution is -2.54. The van der Waals surface area contributed by atoms with Crippen molar-refractivity contribution < 1.29 is 30.4 Å². The molecule has 2 aromatic carbocycles. The number of ether oxygens (including phenoxy) is 1. The van der Waals surface area contributed by atoms with Gasteiger partial charge in [0.15, 0.2) is 0 Å². The molecule has 4 fully saturated rings. The summed E-state index contributed by atoms with van der Waals surface area (Å²) in [4.78, 5) is 2.39. The molecule has 8 nitrogen and oxygen atoms in total. The van der Waals surface area contributed by atoms with Gasteiger partial charge in [-0.2, -0.15) is 4.31 Å². The SMILES string of the molecule is O=S(=O)(CC1([C@H]2CCC[C@@H](c3cc(F)cc(F)c3)N2S(=O)(=O)c2ccc(Cl)cc2)CC1)N1CCC(N2CCOCC2)CC1. The van der Waals surface area contributed by atoms with Gasteiger partial charge in [0.25, 0.3) is 0 Å². The van der Waals surface area contributed by atoms with Gasteiger partial charge >= 0.3 is 0 Å². The van der Waals surface area contributed by atoms with Crippen molar-refractivity contribution in [3.63, 3.8) is 0 Å². The summed E-state index contributed by atoms with van der Waals surface area (Å²) in [5.41, 5.74) is -0.548. The molecule has 2 atom stereocenters. The first-order valence-electron chi connectivity index (χ1n) is 15.0. The molecule has 2 aromatic rings. The molecule has 3 saturated heterocycles. The van der Waals surface area contributed by atoms with Crippen LogP contribution in [0, 0.1) is 17.0 Å². The smallest absolute Gasteiger partial charge is 0.243 e. The lowest BCUT2D eigenvalue weighted by atomic mass is 9.86. The molecule has 0 amide bonds. The third-order valence-electron chi connectivity index (χ3n) is 9.68. The van der Waals surface area contributed by atoms with E-state index in [2.05, 4.69) is 4.90 Å². The van der Waals surface area contributed by atoms with E-state index >= 15 is 0 Å². The van der Waals surface area contributed by atoms with Crippen LogP contribution in [0.2, 0.25) is 5.02 Å². The van der Waals surface area contributed by atoms with E-state index < -0.39 is 49.2 Å². The first-order valence-corrected chi connectivity index (χ1v) is 18.5. The maximum atomic E-state index is 14.4. The minimum atomic E-state index is -4.19. The number of hydrogen-bond acceptors (Lipinski definition) is 6. The van der Waals surface area contributed by atoms with Crippen LogP contribution in [0.1, 0.15) is 56.6 Å². The second-order valence-electron chi connectivity index (χ2n) is 12.4. The molecule has 1 saturated carbocycles. The fourth-order valence-electron chi connectivity index (χ4n) is 7.31. The second kappa shape index (κ2) is 12.3. The standard InChI is InChI=1S/C30H38ClF2N3O5S2/c31-23-4-6-27(7-5-23)43(39,40)36-28(22-18-24(32)20-25(33)19-22)2-1-3-29(36)30(10-11-30)21-42(37,38)35-12-8-26(9-13-35)34-14-16-41-17-15-34/h4-7,18-20,26,28-29H,1-3,8-17,21H2/t28-,29+/m0/s1. The van der Waals surface area contributed by atoms with E-state index in [4.69, 9.17) is 16.3 Å². The van der Waals surface area contributed by atoms with Gasteiger partial charge < -0.3 is 4.74 Å². The molecule has 13 heteroatoms. The van der Waals surface area contributed by atoms with Crippen LogP contribution in [0.15, 0.2) is 47.4 Å². The average Bonchev–Trinajstić information content (AvgIpc) is 3.77. The molecular weight excluding hydrogens is 620 g/mol. The van der Waals surface area contributed by atoms with Crippen LogP contribution in [0.3, 0.4) is 0 Å². The van der Waals surface area contributed by atoms with Gasteiger partial charge in [0.1, 0.15) is 11.6 Å². The molecule has 236 valence electrons. The highest BCUT2D eigenvalue weighted by Gasteiger charge is 2.59. The van der Waals surface area contributed by atoms with Crippen molar-refractivity contribution in [2.45, 2.75) is 68.0 Å². The number of benzene rings is 2. The van der Waals surface area contributed by atoms with E-state index in [9.17, 15) is 25.6 Å². The Kier molecular flexibility index (Phi) is 8.93. The summed E-state index contributed by atoms with van der Waals surface area (Å²) in [6.07, 6.45) is 4.07. The van der Waals surface area contributed by atoms with Crippen LogP contribution in [0.4, 0.5) is 8.78 Å². The van der Waals surface area contributed by atoms with Gasteiger partial charge in [0, 0.05) is 54.8 Å². The van der Waals surface area contributed by atoms with Crippen molar-refractivity contribution in [3.05, 3.63) is 64.7 Å². The molecule has 0 aromatic heterocycles. The van der Waals surface area contributed by atoms with Crippen LogP contribution >= 0.6 is 11.6 Å². The molecule has 3 aliphatic heterocycles.